The zero-order valence-electron chi connectivity index (χ0n) is 14.0. The summed E-state index contributed by atoms with van der Waals surface area (Å²) in [5, 5.41) is 3.55. The molecule has 0 aliphatic carbocycles. The molecule has 0 radical (unpaired) electrons. The van der Waals surface area contributed by atoms with Crippen molar-refractivity contribution in [2.45, 2.75) is 32.5 Å². The minimum absolute atomic E-state index is 0.0303. The van der Waals surface area contributed by atoms with Gasteiger partial charge in [0.1, 0.15) is 11.4 Å². The number of para-hydroxylation sites is 2. The van der Waals surface area contributed by atoms with Gasteiger partial charge < -0.3 is 15.0 Å². The van der Waals surface area contributed by atoms with Crippen molar-refractivity contribution in [3.05, 3.63) is 59.7 Å². The number of amides is 1. The van der Waals surface area contributed by atoms with Crippen LogP contribution in [-0.4, -0.2) is 24.0 Å². The van der Waals surface area contributed by atoms with Gasteiger partial charge in [0.15, 0.2) is 0 Å². The van der Waals surface area contributed by atoms with Gasteiger partial charge >= 0.3 is 0 Å². The SMILES string of the molecule is COc1ccccc1C1(C)Nc2ccccc2C(=O)N1C(C)C. The Morgan fingerprint density at radius 1 is 1.09 bits per heavy atom. The molecular weight excluding hydrogens is 288 g/mol. The second-order valence-electron chi connectivity index (χ2n) is 6.21. The molecule has 1 amide bonds. The van der Waals surface area contributed by atoms with E-state index in [0.717, 1.165) is 17.0 Å². The number of hydrogen-bond acceptors (Lipinski definition) is 3. The predicted octanol–water partition coefficient (Wildman–Crippen LogP) is 3.84. The van der Waals surface area contributed by atoms with E-state index in [1.165, 1.54) is 0 Å². The summed E-state index contributed by atoms with van der Waals surface area (Å²) in [5.74, 6) is 0.795. The lowest BCUT2D eigenvalue weighted by Crippen LogP contribution is -2.58. The molecule has 23 heavy (non-hydrogen) atoms. The predicted molar refractivity (Wildman–Crippen MR) is 91.7 cm³/mol. The third kappa shape index (κ3) is 2.34. The summed E-state index contributed by atoms with van der Waals surface area (Å²) >= 11 is 0. The van der Waals surface area contributed by atoms with Crippen molar-refractivity contribution in [2.75, 3.05) is 12.4 Å². The molecule has 1 unspecified atom stereocenters. The van der Waals surface area contributed by atoms with E-state index in [1.54, 1.807) is 7.11 Å². The number of nitrogens with zero attached hydrogens (tertiary/aromatic N) is 1. The fourth-order valence-corrected chi connectivity index (χ4v) is 3.43. The fourth-order valence-electron chi connectivity index (χ4n) is 3.43. The Balaban J connectivity index is 2.22. The van der Waals surface area contributed by atoms with Gasteiger partial charge in [0.2, 0.25) is 0 Å². The lowest BCUT2D eigenvalue weighted by molar-refractivity contribution is 0.0428. The van der Waals surface area contributed by atoms with Gasteiger partial charge in [-0.1, -0.05) is 30.3 Å². The number of nitrogens with one attached hydrogen (secondary N) is 1. The maximum absolute atomic E-state index is 13.1. The van der Waals surface area contributed by atoms with Gasteiger partial charge in [-0.2, -0.15) is 0 Å². The Morgan fingerprint density at radius 2 is 1.74 bits per heavy atom. The molecule has 0 saturated heterocycles. The molecule has 0 bridgehead atoms. The minimum Gasteiger partial charge on any atom is -0.496 e. The number of carbonyl (C=O) groups excluding carboxylic acids is 1. The van der Waals surface area contributed by atoms with E-state index >= 15 is 0 Å². The number of fused-ring (bicyclic) bond motifs is 1. The summed E-state index contributed by atoms with van der Waals surface area (Å²) in [7, 11) is 1.65. The zero-order valence-corrected chi connectivity index (χ0v) is 14.0. The number of methoxy groups -OCH3 is 1. The van der Waals surface area contributed by atoms with E-state index in [1.807, 2.05) is 74.2 Å². The molecule has 120 valence electrons. The van der Waals surface area contributed by atoms with Crippen LogP contribution in [0.2, 0.25) is 0 Å². The molecule has 1 atom stereocenters. The van der Waals surface area contributed by atoms with Gasteiger partial charge in [0.05, 0.1) is 12.7 Å². The van der Waals surface area contributed by atoms with Gasteiger partial charge in [-0.25, -0.2) is 0 Å². The van der Waals surface area contributed by atoms with Crippen molar-refractivity contribution in [2.24, 2.45) is 0 Å². The zero-order chi connectivity index (χ0) is 16.6. The Morgan fingerprint density at radius 3 is 2.43 bits per heavy atom. The summed E-state index contributed by atoms with van der Waals surface area (Å²) in [6.45, 7) is 6.08. The molecule has 0 aromatic heterocycles. The topological polar surface area (TPSA) is 41.6 Å². The smallest absolute Gasteiger partial charge is 0.258 e. The Kier molecular flexibility index (Phi) is 3.76. The summed E-state index contributed by atoms with van der Waals surface area (Å²) < 4.78 is 5.54. The van der Waals surface area contributed by atoms with E-state index in [-0.39, 0.29) is 11.9 Å². The quantitative estimate of drug-likeness (QED) is 0.936. The first kappa shape index (κ1) is 15.4. The summed E-state index contributed by atoms with van der Waals surface area (Å²) in [4.78, 5) is 15.0. The lowest BCUT2D eigenvalue weighted by Gasteiger charge is -2.49. The first-order valence-corrected chi connectivity index (χ1v) is 7.83. The first-order valence-electron chi connectivity index (χ1n) is 7.83. The van der Waals surface area contributed by atoms with Crippen LogP contribution < -0.4 is 10.1 Å². The molecule has 0 saturated carbocycles. The van der Waals surface area contributed by atoms with Crippen LogP contribution in [-0.2, 0) is 5.66 Å². The molecule has 0 fully saturated rings. The van der Waals surface area contributed by atoms with Crippen molar-refractivity contribution < 1.29 is 9.53 Å². The van der Waals surface area contributed by atoms with Crippen molar-refractivity contribution in [1.29, 1.82) is 0 Å². The Hall–Kier alpha value is -2.49. The molecule has 4 nitrogen and oxygen atoms in total. The van der Waals surface area contributed by atoms with E-state index in [0.29, 0.717) is 5.56 Å². The average molecular weight is 310 g/mol. The highest BCUT2D eigenvalue weighted by molar-refractivity contribution is 6.02. The minimum atomic E-state index is -0.674. The molecule has 1 N–H and O–H groups in total. The molecule has 1 aliphatic rings. The van der Waals surface area contributed by atoms with Crippen molar-refractivity contribution in [3.8, 4) is 5.75 Å². The number of benzene rings is 2. The molecule has 2 aromatic rings. The van der Waals surface area contributed by atoms with Gasteiger partial charge in [-0.05, 0) is 39.0 Å². The maximum Gasteiger partial charge on any atom is 0.258 e. The molecule has 1 aliphatic heterocycles. The first-order chi connectivity index (χ1) is 11.0. The van der Waals surface area contributed by atoms with Crippen LogP contribution in [0.5, 0.6) is 5.75 Å². The summed E-state index contributed by atoms with van der Waals surface area (Å²) in [6, 6.07) is 15.5. The fraction of sp³-hybridized carbons (Fsp3) is 0.316. The van der Waals surface area contributed by atoms with E-state index in [2.05, 4.69) is 5.32 Å². The largest absolute Gasteiger partial charge is 0.496 e. The van der Waals surface area contributed by atoms with Crippen LogP contribution in [0, 0.1) is 0 Å². The molecule has 4 heteroatoms. The van der Waals surface area contributed by atoms with E-state index < -0.39 is 5.66 Å². The second-order valence-corrected chi connectivity index (χ2v) is 6.21. The monoisotopic (exact) mass is 310 g/mol. The van der Waals surface area contributed by atoms with Crippen molar-refractivity contribution >= 4 is 11.6 Å². The summed E-state index contributed by atoms with van der Waals surface area (Å²) in [6.07, 6.45) is 0. The molecule has 1 heterocycles. The molecule has 3 rings (SSSR count). The average Bonchev–Trinajstić information content (AvgIpc) is 2.54. The van der Waals surface area contributed by atoms with Gasteiger partial charge in [-0.15, -0.1) is 0 Å². The van der Waals surface area contributed by atoms with Crippen LogP contribution in [0.4, 0.5) is 5.69 Å². The van der Waals surface area contributed by atoms with Crippen LogP contribution in [0.1, 0.15) is 36.7 Å². The molecule has 2 aromatic carbocycles. The normalized spacial score (nSPS) is 20.2. The lowest BCUT2D eigenvalue weighted by atomic mass is 9.91. The Labute approximate surface area is 137 Å². The highest BCUT2D eigenvalue weighted by Crippen LogP contribution is 2.42. The third-order valence-corrected chi connectivity index (χ3v) is 4.38. The van der Waals surface area contributed by atoms with E-state index in [4.69, 9.17) is 4.74 Å². The van der Waals surface area contributed by atoms with Crippen LogP contribution >= 0.6 is 0 Å². The number of hydrogen-bond donors (Lipinski definition) is 1. The Bertz CT molecular complexity index is 742. The molecular formula is C19H22N2O2. The van der Waals surface area contributed by atoms with E-state index in [9.17, 15) is 4.79 Å². The number of ether oxygens (including phenoxy) is 1. The standard InChI is InChI=1S/C19H22N2O2/c1-13(2)21-18(22)14-9-5-7-11-16(14)20-19(21,3)15-10-6-8-12-17(15)23-4/h5-13,20H,1-4H3. The van der Waals surface area contributed by atoms with Crippen LogP contribution in [0.15, 0.2) is 48.5 Å². The van der Waals surface area contributed by atoms with Crippen molar-refractivity contribution in [1.82, 2.24) is 4.90 Å². The number of carbonyl (C=O) groups is 1. The molecule has 0 spiro atoms. The number of rotatable bonds is 3. The summed E-state index contributed by atoms with van der Waals surface area (Å²) in [5.41, 5.74) is 1.82. The second kappa shape index (κ2) is 5.61. The van der Waals surface area contributed by atoms with Gasteiger partial charge in [0, 0.05) is 17.3 Å². The highest BCUT2D eigenvalue weighted by Gasteiger charge is 2.45. The van der Waals surface area contributed by atoms with Crippen LogP contribution in [0.3, 0.4) is 0 Å². The maximum atomic E-state index is 13.1. The highest BCUT2D eigenvalue weighted by atomic mass is 16.5. The van der Waals surface area contributed by atoms with Gasteiger partial charge in [-0.3, -0.25) is 4.79 Å². The van der Waals surface area contributed by atoms with Gasteiger partial charge in [0.25, 0.3) is 5.91 Å². The van der Waals surface area contributed by atoms with Crippen molar-refractivity contribution in [3.63, 3.8) is 0 Å². The third-order valence-electron chi connectivity index (χ3n) is 4.38. The van der Waals surface area contributed by atoms with Crippen LogP contribution in [0.25, 0.3) is 0 Å². The number of anilines is 1.